The zero-order chi connectivity index (χ0) is 12.8. The largest absolute Gasteiger partial charge is 0.324 e. The summed E-state index contributed by atoms with van der Waals surface area (Å²) in [5.74, 6) is 0.735. The fourth-order valence-corrected chi connectivity index (χ4v) is 2.60. The Morgan fingerprint density at radius 3 is 1.94 bits per heavy atom. The molecule has 1 aromatic heterocycles. The predicted molar refractivity (Wildman–Crippen MR) is 78.3 cm³/mol. The van der Waals surface area contributed by atoms with Gasteiger partial charge in [0.15, 0.2) is 0 Å². The van der Waals surface area contributed by atoms with Crippen LogP contribution in [0.1, 0.15) is 51.0 Å². The molecule has 2 rings (SSSR count). The first-order valence-corrected chi connectivity index (χ1v) is 7.08. The van der Waals surface area contributed by atoms with E-state index < -0.39 is 0 Å². The topological polar surface area (TPSA) is 4.93 Å². The molecule has 2 aromatic rings. The van der Waals surface area contributed by atoms with Crippen molar-refractivity contribution in [2.75, 3.05) is 0 Å². The zero-order valence-electron chi connectivity index (χ0n) is 11.5. The van der Waals surface area contributed by atoms with E-state index in [9.17, 15) is 0 Å². The van der Waals surface area contributed by atoms with Crippen LogP contribution in [0, 0.1) is 0 Å². The summed E-state index contributed by atoms with van der Waals surface area (Å²) in [4.78, 5) is 0. The minimum absolute atomic E-state index is 0.735. The minimum Gasteiger partial charge on any atom is -0.324 e. The van der Waals surface area contributed by atoms with E-state index in [4.69, 9.17) is 0 Å². The molecule has 0 aliphatic rings. The van der Waals surface area contributed by atoms with Crippen LogP contribution in [0.3, 0.4) is 0 Å². The SMILES string of the molecule is CCCC(CCC)c1ccc(-n2cccc2)cc1. The molecule has 18 heavy (non-hydrogen) atoms. The summed E-state index contributed by atoms with van der Waals surface area (Å²) >= 11 is 0. The second-order valence-electron chi connectivity index (χ2n) is 4.96. The summed E-state index contributed by atoms with van der Waals surface area (Å²) in [6, 6.07) is 13.2. The number of nitrogens with zero attached hydrogens (tertiary/aromatic N) is 1. The van der Waals surface area contributed by atoms with Crippen molar-refractivity contribution in [2.45, 2.75) is 45.4 Å². The van der Waals surface area contributed by atoms with Gasteiger partial charge in [0.1, 0.15) is 0 Å². The number of hydrogen-bond acceptors (Lipinski definition) is 0. The number of hydrogen-bond donors (Lipinski definition) is 0. The van der Waals surface area contributed by atoms with Crippen LogP contribution in [-0.4, -0.2) is 4.57 Å². The molecule has 0 bridgehead atoms. The Bertz CT molecular complexity index is 433. The van der Waals surface area contributed by atoms with Crippen LogP contribution in [0.4, 0.5) is 0 Å². The van der Waals surface area contributed by atoms with Crippen LogP contribution in [0.25, 0.3) is 5.69 Å². The van der Waals surface area contributed by atoms with Crippen molar-refractivity contribution in [3.8, 4) is 5.69 Å². The molecule has 1 heteroatoms. The van der Waals surface area contributed by atoms with Gasteiger partial charge in [0.05, 0.1) is 0 Å². The molecule has 1 heterocycles. The Morgan fingerprint density at radius 2 is 1.44 bits per heavy atom. The Kier molecular flexibility index (Phi) is 4.63. The van der Waals surface area contributed by atoms with Crippen LogP contribution in [0.5, 0.6) is 0 Å². The molecule has 0 saturated carbocycles. The van der Waals surface area contributed by atoms with Gasteiger partial charge in [-0.05, 0) is 48.6 Å². The van der Waals surface area contributed by atoms with Crippen LogP contribution in [0.2, 0.25) is 0 Å². The third kappa shape index (κ3) is 3.04. The maximum Gasteiger partial charge on any atom is 0.0449 e. The Labute approximate surface area is 110 Å². The van der Waals surface area contributed by atoms with E-state index in [0.29, 0.717) is 0 Å². The average Bonchev–Trinajstić information content (AvgIpc) is 2.93. The highest BCUT2D eigenvalue weighted by molar-refractivity contribution is 5.36. The standard InChI is InChI=1S/C17H23N/c1-3-7-15(8-4-2)16-9-11-17(12-10-16)18-13-5-6-14-18/h5-6,9-15H,3-4,7-8H2,1-2H3. The summed E-state index contributed by atoms with van der Waals surface area (Å²) < 4.78 is 2.15. The molecule has 0 spiro atoms. The third-order valence-electron chi connectivity index (χ3n) is 3.54. The highest BCUT2D eigenvalue weighted by atomic mass is 14.9. The number of rotatable bonds is 6. The lowest BCUT2D eigenvalue weighted by Gasteiger charge is -2.16. The van der Waals surface area contributed by atoms with E-state index in [1.165, 1.54) is 36.9 Å². The molecule has 0 N–H and O–H groups in total. The molecule has 0 aliphatic heterocycles. The van der Waals surface area contributed by atoms with E-state index >= 15 is 0 Å². The van der Waals surface area contributed by atoms with Gasteiger partial charge in [0.2, 0.25) is 0 Å². The van der Waals surface area contributed by atoms with Crippen molar-refractivity contribution < 1.29 is 0 Å². The minimum atomic E-state index is 0.735. The lowest BCUT2D eigenvalue weighted by atomic mass is 9.90. The van der Waals surface area contributed by atoms with Gasteiger partial charge in [0, 0.05) is 18.1 Å². The second kappa shape index (κ2) is 6.44. The molecule has 1 aromatic carbocycles. The smallest absolute Gasteiger partial charge is 0.0449 e. The molecule has 0 aliphatic carbocycles. The van der Waals surface area contributed by atoms with Gasteiger partial charge in [-0.3, -0.25) is 0 Å². The second-order valence-corrected chi connectivity index (χ2v) is 4.96. The molecule has 0 radical (unpaired) electrons. The quantitative estimate of drug-likeness (QED) is 0.658. The summed E-state index contributed by atoms with van der Waals surface area (Å²) in [6.45, 7) is 4.55. The normalized spacial score (nSPS) is 11.1. The highest BCUT2D eigenvalue weighted by Crippen LogP contribution is 2.27. The fourth-order valence-electron chi connectivity index (χ4n) is 2.60. The molecule has 0 amide bonds. The maximum atomic E-state index is 2.30. The van der Waals surface area contributed by atoms with Crippen LogP contribution < -0.4 is 0 Å². The monoisotopic (exact) mass is 241 g/mol. The van der Waals surface area contributed by atoms with E-state index in [0.717, 1.165) is 5.92 Å². The Balaban J connectivity index is 2.15. The molecule has 1 nitrogen and oxygen atoms in total. The lowest BCUT2D eigenvalue weighted by Crippen LogP contribution is -1.99. The van der Waals surface area contributed by atoms with Crippen molar-refractivity contribution in [1.82, 2.24) is 4.57 Å². The third-order valence-corrected chi connectivity index (χ3v) is 3.54. The molecule has 0 saturated heterocycles. The molecular weight excluding hydrogens is 218 g/mol. The molecule has 0 atom stereocenters. The summed E-state index contributed by atoms with van der Waals surface area (Å²) in [5, 5.41) is 0. The first-order chi connectivity index (χ1) is 8.85. The maximum absolute atomic E-state index is 2.30. The first kappa shape index (κ1) is 12.9. The molecular formula is C17H23N. The average molecular weight is 241 g/mol. The number of benzene rings is 1. The van der Waals surface area contributed by atoms with E-state index in [1.54, 1.807) is 0 Å². The van der Waals surface area contributed by atoms with Crippen molar-refractivity contribution in [3.63, 3.8) is 0 Å². The van der Waals surface area contributed by atoms with E-state index in [2.05, 4.69) is 67.2 Å². The summed E-state index contributed by atoms with van der Waals surface area (Å²) in [5.41, 5.74) is 2.74. The van der Waals surface area contributed by atoms with Crippen molar-refractivity contribution in [1.29, 1.82) is 0 Å². The van der Waals surface area contributed by atoms with Crippen LogP contribution >= 0.6 is 0 Å². The Morgan fingerprint density at radius 1 is 0.889 bits per heavy atom. The highest BCUT2D eigenvalue weighted by Gasteiger charge is 2.09. The van der Waals surface area contributed by atoms with Crippen LogP contribution in [0.15, 0.2) is 48.8 Å². The first-order valence-electron chi connectivity index (χ1n) is 7.08. The summed E-state index contributed by atoms with van der Waals surface area (Å²) in [6.07, 6.45) is 9.32. The van der Waals surface area contributed by atoms with Crippen molar-refractivity contribution >= 4 is 0 Å². The molecule has 96 valence electrons. The summed E-state index contributed by atoms with van der Waals surface area (Å²) in [7, 11) is 0. The number of aromatic nitrogens is 1. The van der Waals surface area contributed by atoms with Gasteiger partial charge in [-0.15, -0.1) is 0 Å². The van der Waals surface area contributed by atoms with Gasteiger partial charge in [-0.1, -0.05) is 38.8 Å². The predicted octanol–water partition coefficient (Wildman–Crippen LogP) is 5.16. The van der Waals surface area contributed by atoms with Gasteiger partial charge in [-0.25, -0.2) is 0 Å². The van der Waals surface area contributed by atoms with Crippen LogP contribution in [-0.2, 0) is 0 Å². The van der Waals surface area contributed by atoms with E-state index in [-0.39, 0.29) is 0 Å². The van der Waals surface area contributed by atoms with Gasteiger partial charge >= 0.3 is 0 Å². The zero-order valence-corrected chi connectivity index (χ0v) is 11.5. The van der Waals surface area contributed by atoms with Gasteiger partial charge in [-0.2, -0.15) is 0 Å². The van der Waals surface area contributed by atoms with Crippen molar-refractivity contribution in [3.05, 3.63) is 54.4 Å². The van der Waals surface area contributed by atoms with Gasteiger partial charge < -0.3 is 4.57 Å². The van der Waals surface area contributed by atoms with Gasteiger partial charge in [0.25, 0.3) is 0 Å². The Hall–Kier alpha value is -1.50. The van der Waals surface area contributed by atoms with E-state index in [1.807, 2.05) is 0 Å². The fraction of sp³-hybridized carbons (Fsp3) is 0.412. The molecule has 0 unspecified atom stereocenters. The molecule has 0 fully saturated rings. The van der Waals surface area contributed by atoms with Crippen molar-refractivity contribution in [2.24, 2.45) is 0 Å². The lowest BCUT2D eigenvalue weighted by molar-refractivity contribution is 0.561.